The molecule has 2 aromatic rings. The molecule has 1 aliphatic carbocycles. The SMILES string of the molecule is Fc1c(Br)cccc1-c1cnc(CNC2CC2)o1. The third-order valence-electron chi connectivity index (χ3n) is 2.89. The van der Waals surface area contributed by atoms with Crippen molar-refractivity contribution in [1.82, 2.24) is 10.3 Å². The highest BCUT2D eigenvalue weighted by molar-refractivity contribution is 9.10. The summed E-state index contributed by atoms with van der Waals surface area (Å²) in [7, 11) is 0. The lowest BCUT2D eigenvalue weighted by atomic mass is 10.2. The van der Waals surface area contributed by atoms with Gasteiger partial charge in [-0.05, 0) is 40.9 Å². The molecule has 1 fully saturated rings. The van der Waals surface area contributed by atoms with Gasteiger partial charge in [-0.25, -0.2) is 9.37 Å². The zero-order chi connectivity index (χ0) is 12.5. The smallest absolute Gasteiger partial charge is 0.208 e. The van der Waals surface area contributed by atoms with Crippen molar-refractivity contribution < 1.29 is 8.81 Å². The number of nitrogens with zero attached hydrogens (tertiary/aromatic N) is 1. The molecule has 1 aliphatic rings. The van der Waals surface area contributed by atoms with E-state index in [0.29, 0.717) is 34.3 Å². The maximum Gasteiger partial charge on any atom is 0.208 e. The number of nitrogens with one attached hydrogen (secondary N) is 1. The largest absolute Gasteiger partial charge is 0.439 e. The molecule has 1 N–H and O–H groups in total. The van der Waals surface area contributed by atoms with E-state index >= 15 is 0 Å². The van der Waals surface area contributed by atoms with Crippen LogP contribution in [0.2, 0.25) is 0 Å². The van der Waals surface area contributed by atoms with E-state index in [1.807, 2.05) is 0 Å². The maximum atomic E-state index is 13.9. The van der Waals surface area contributed by atoms with E-state index in [0.717, 1.165) is 0 Å². The third kappa shape index (κ3) is 2.47. The molecule has 0 unspecified atom stereocenters. The highest BCUT2D eigenvalue weighted by Gasteiger charge is 2.21. The number of rotatable bonds is 4. The number of halogens is 2. The summed E-state index contributed by atoms with van der Waals surface area (Å²) in [6.07, 6.45) is 4.00. The van der Waals surface area contributed by atoms with Crippen molar-refractivity contribution in [2.45, 2.75) is 25.4 Å². The Balaban J connectivity index is 1.80. The Hall–Kier alpha value is -1.20. The Bertz CT molecular complexity index is 566. The average Bonchev–Trinajstić information content (AvgIpc) is 3.08. The van der Waals surface area contributed by atoms with E-state index in [1.54, 1.807) is 24.4 Å². The van der Waals surface area contributed by atoms with Crippen LogP contribution >= 0.6 is 15.9 Å². The van der Waals surface area contributed by atoms with Gasteiger partial charge in [-0.3, -0.25) is 0 Å². The minimum Gasteiger partial charge on any atom is -0.439 e. The lowest BCUT2D eigenvalue weighted by Crippen LogP contribution is -2.15. The average molecular weight is 311 g/mol. The Kier molecular flexibility index (Phi) is 3.18. The predicted octanol–water partition coefficient (Wildman–Crippen LogP) is 3.50. The van der Waals surface area contributed by atoms with Crippen LogP contribution in [0.25, 0.3) is 11.3 Å². The zero-order valence-corrected chi connectivity index (χ0v) is 11.2. The summed E-state index contributed by atoms with van der Waals surface area (Å²) in [5, 5.41) is 3.30. The standard InChI is InChI=1S/C13H12BrFN2O/c14-10-3-1-2-9(13(10)15)11-6-17-12(18-11)7-16-8-4-5-8/h1-3,6,8,16H,4-5,7H2. The Morgan fingerprint density at radius 1 is 1.44 bits per heavy atom. The molecule has 0 amide bonds. The number of hydrogen-bond acceptors (Lipinski definition) is 3. The van der Waals surface area contributed by atoms with Gasteiger partial charge < -0.3 is 9.73 Å². The third-order valence-corrected chi connectivity index (χ3v) is 3.50. The fourth-order valence-electron chi connectivity index (χ4n) is 1.73. The molecule has 1 heterocycles. The molecule has 0 spiro atoms. The minimum absolute atomic E-state index is 0.324. The molecule has 0 radical (unpaired) electrons. The maximum absolute atomic E-state index is 13.9. The van der Waals surface area contributed by atoms with Gasteiger partial charge in [0.25, 0.3) is 0 Å². The summed E-state index contributed by atoms with van der Waals surface area (Å²) in [5.41, 5.74) is 0.426. The number of aromatic nitrogens is 1. The molecule has 1 saturated carbocycles. The van der Waals surface area contributed by atoms with Crippen LogP contribution in [-0.2, 0) is 6.54 Å². The number of benzene rings is 1. The molecule has 94 valence electrons. The first-order valence-corrected chi connectivity index (χ1v) is 6.66. The molecular formula is C13H12BrFN2O. The Labute approximate surface area is 113 Å². The van der Waals surface area contributed by atoms with Gasteiger partial charge >= 0.3 is 0 Å². The Morgan fingerprint density at radius 2 is 2.28 bits per heavy atom. The fourth-order valence-corrected chi connectivity index (χ4v) is 2.10. The van der Waals surface area contributed by atoms with Crippen molar-refractivity contribution >= 4 is 15.9 Å². The molecule has 18 heavy (non-hydrogen) atoms. The molecule has 1 aromatic carbocycles. The summed E-state index contributed by atoms with van der Waals surface area (Å²) in [4.78, 5) is 4.15. The molecule has 0 bridgehead atoms. The zero-order valence-electron chi connectivity index (χ0n) is 9.62. The number of hydrogen-bond donors (Lipinski definition) is 1. The summed E-state index contributed by atoms with van der Waals surface area (Å²) >= 11 is 3.16. The van der Waals surface area contributed by atoms with Gasteiger partial charge in [0.1, 0.15) is 5.82 Å². The summed E-state index contributed by atoms with van der Waals surface area (Å²) in [6, 6.07) is 5.71. The first-order valence-electron chi connectivity index (χ1n) is 5.86. The topological polar surface area (TPSA) is 38.1 Å². The van der Waals surface area contributed by atoms with Crippen LogP contribution in [0.4, 0.5) is 4.39 Å². The second-order valence-electron chi connectivity index (χ2n) is 4.37. The van der Waals surface area contributed by atoms with Gasteiger partial charge in [-0.1, -0.05) is 6.07 Å². The lowest BCUT2D eigenvalue weighted by molar-refractivity contribution is 0.474. The van der Waals surface area contributed by atoms with Crippen LogP contribution in [0.5, 0.6) is 0 Å². The molecule has 0 saturated heterocycles. The summed E-state index contributed by atoms with van der Waals surface area (Å²) in [6.45, 7) is 0.598. The molecule has 5 heteroatoms. The van der Waals surface area contributed by atoms with E-state index in [2.05, 4.69) is 26.2 Å². The molecule has 3 rings (SSSR count). The van der Waals surface area contributed by atoms with Gasteiger partial charge in [-0.15, -0.1) is 0 Å². The van der Waals surface area contributed by atoms with E-state index < -0.39 is 0 Å². The predicted molar refractivity (Wildman–Crippen MR) is 69.5 cm³/mol. The molecule has 1 aromatic heterocycles. The van der Waals surface area contributed by atoms with Crippen LogP contribution < -0.4 is 5.32 Å². The van der Waals surface area contributed by atoms with Crippen molar-refractivity contribution in [3.05, 3.63) is 40.6 Å². The fraction of sp³-hybridized carbons (Fsp3) is 0.308. The monoisotopic (exact) mass is 310 g/mol. The van der Waals surface area contributed by atoms with E-state index in [4.69, 9.17) is 4.42 Å². The van der Waals surface area contributed by atoms with Crippen molar-refractivity contribution in [2.75, 3.05) is 0 Å². The van der Waals surface area contributed by atoms with E-state index in [1.165, 1.54) is 12.8 Å². The van der Waals surface area contributed by atoms with Crippen molar-refractivity contribution in [2.24, 2.45) is 0 Å². The van der Waals surface area contributed by atoms with E-state index in [9.17, 15) is 4.39 Å². The van der Waals surface area contributed by atoms with Gasteiger partial charge in [0, 0.05) is 6.04 Å². The van der Waals surface area contributed by atoms with Crippen molar-refractivity contribution in [1.29, 1.82) is 0 Å². The van der Waals surface area contributed by atoms with Gasteiger partial charge in [0.15, 0.2) is 5.76 Å². The molecule has 3 nitrogen and oxygen atoms in total. The van der Waals surface area contributed by atoms with Crippen LogP contribution in [0.3, 0.4) is 0 Å². The molecular weight excluding hydrogens is 299 g/mol. The minimum atomic E-state index is -0.324. The second kappa shape index (κ2) is 4.82. The second-order valence-corrected chi connectivity index (χ2v) is 5.23. The van der Waals surface area contributed by atoms with Crippen LogP contribution in [0.1, 0.15) is 18.7 Å². The quantitative estimate of drug-likeness (QED) is 0.939. The summed E-state index contributed by atoms with van der Waals surface area (Å²) < 4.78 is 19.8. The van der Waals surface area contributed by atoms with E-state index in [-0.39, 0.29) is 5.82 Å². The highest BCUT2D eigenvalue weighted by Crippen LogP contribution is 2.28. The van der Waals surface area contributed by atoms with Crippen LogP contribution in [0, 0.1) is 5.82 Å². The van der Waals surface area contributed by atoms with Gasteiger partial charge in [0.2, 0.25) is 5.89 Å². The molecule has 0 atom stereocenters. The molecule has 0 aliphatic heterocycles. The lowest BCUT2D eigenvalue weighted by Gasteiger charge is -2.01. The van der Waals surface area contributed by atoms with Crippen LogP contribution in [-0.4, -0.2) is 11.0 Å². The summed E-state index contributed by atoms with van der Waals surface area (Å²) in [5.74, 6) is 0.730. The van der Waals surface area contributed by atoms with Crippen molar-refractivity contribution in [3.8, 4) is 11.3 Å². The van der Waals surface area contributed by atoms with Gasteiger partial charge in [0.05, 0.1) is 22.8 Å². The van der Waals surface area contributed by atoms with Crippen LogP contribution in [0.15, 0.2) is 33.3 Å². The first kappa shape index (κ1) is 11.9. The first-order chi connectivity index (χ1) is 8.74. The normalized spacial score (nSPS) is 15.0. The van der Waals surface area contributed by atoms with Crippen molar-refractivity contribution in [3.63, 3.8) is 0 Å². The highest BCUT2D eigenvalue weighted by atomic mass is 79.9. The number of oxazole rings is 1. The van der Waals surface area contributed by atoms with Gasteiger partial charge in [-0.2, -0.15) is 0 Å². The Morgan fingerprint density at radius 3 is 3.06 bits per heavy atom.